The minimum Gasteiger partial charge on any atom is -0.385 e. The molecule has 0 bridgehead atoms. The summed E-state index contributed by atoms with van der Waals surface area (Å²) in [5, 5.41) is 13.9. The van der Waals surface area contributed by atoms with Crippen LogP contribution in [0.3, 0.4) is 0 Å². The SMILES string of the molecule is CC(C)CCNc1ccc([N+](=O)[O-])c(I)c1. The zero-order valence-corrected chi connectivity index (χ0v) is 11.5. The Morgan fingerprint density at radius 1 is 1.50 bits per heavy atom. The number of hydrogen-bond acceptors (Lipinski definition) is 3. The summed E-state index contributed by atoms with van der Waals surface area (Å²) in [6.45, 7) is 5.23. The van der Waals surface area contributed by atoms with Crippen molar-refractivity contribution in [3.05, 3.63) is 31.9 Å². The Bertz CT molecular complexity index is 380. The number of nitro benzene ring substituents is 1. The monoisotopic (exact) mass is 334 g/mol. The summed E-state index contributed by atoms with van der Waals surface area (Å²) in [5.41, 5.74) is 1.10. The molecule has 0 aliphatic carbocycles. The van der Waals surface area contributed by atoms with E-state index >= 15 is 0 Å². The summed E-state index contributed by atoms with van der Waals surface area (Å²) in [6.07, 6.45) is 1.09. The normalized spacial score (nSPS) is 10.5. The van der Waals surface area contributed by atoms with E-state index in [0.717, 1.165) is 18.7 Å². The second-order valence-corrected chi connectivity index (χ2v) is 5.19. The van der Waals surface area contributed by atoms with Crippen molar-refractivity contribution < 1.29 is 4.92 Å². The van der Waals surface area contributed by atoms with E-state index in [9.17, 15) is 10.1 Å². The quantitative estimate of drug-likeness (QED) is 0.508. The van der Waals surface area contributed by atoms with E-state index in [1.807, 2.05) is 22.6 Å². The lowest BCUT2D eigenvalue weighted by atomic mass is 10.1. The first-order chi connectivity index (χ1) is 7.50. The molecule has 4 nitrogen and oxygen atoms in total. The van der Waals surface area contributed by atoms with Gasteiger partial charge in [-0.2, -0.15) is 0 Å². The van der Waals surface area contributed by atoms with Crippen molar-refractivity contribution in [2.75, 3.05) is 11.9 Å². The molecule has 1 aromatic carbocycles. The number of nitrogens with one attached hydrogen (secondary N) is 1. The molecule has 88 valence electrons. The third kappa shape index (κ3) is 3.96. The minimum atomic E-state index is -0.361. The van der Waals surface area contributed by atoms with Crippen molar-refractivity contribution in [2.24, 2.45) is 5.92 Å². The number of benzene rings is 1. The van der Waals surface area contributed by atoms with E-state index in [0.29, 0.717) is 9.49 Å². The molecule has 1 aromatic rings. The Morgan fingerprint density at radius 2 is 2.19 bits per heavy atom. The van der Waals surface area contributed by atoms with Crippen LogP contribution in [-0.2, 0) is 0 Å². The molecular weight excluding hydrogens is 319 g/mol. The molecule has 0 heterocycles. The van der Waals surface area contributed by atoms with Crippen LogP contribution in [0, 0.1) is 19.6 Å². The van der Waals surface area contributed by atoms with Crippen LogP contribution in [0.2, 0.25) is 0 Å². The number of rotatable bonds is 5. The van der Waals surface area contributed by atoms with Gasteiger partial charge in [0.05, 0.1) is 8.49 Å². The number of halogens is 1. The van der Waals surface area contributed by atoms with Crippen LogP contribution in [0.1, 0.15) is 20.3 Å². The maximum absolute atomic E-state index is 10.6. The Hall–Kier alpha value is -0.850. The average molecular weight is 334 g/mol. The van der Waals surface area contributed by atoms with E-state index in [1.165, 1.54) is 0 Å². The summed E-state index contributed by atoms with van der Waals surface area (Å²) in [5.74, 6) is 0.657. The van der Waals surface area contributed by atoms with Gasteiger partial charge < -0.3 is 5.32 Å². The zero-order valence-electron chi connectivity index (χ0n) is 9.37. The Balaban J connectivity index is 2.63. The Kier molecular flexibility index (Phi) is 4.98. The van der Waals surface area contributed by atoms with Crippen LogP contribution in [0.4, 0.5) is 11.4 Å². The van der Waals surface area contributed by atoms with Crippen molar-refractivity contribution in [2.45, 2.75) is 20.3 Å². The average Bonchev–Trinajstić information content (AvgIpc) is 2.16. The molecule has 0 spiro atoms. The van der Waals surface area contributed by atoms with Crippen LogP contribution in [0.15, 0.2) is 18.2 Å². The van der Waals surface area contributed by atoms with Gasteiger partial charge in [0.25, 0.3) is 5.69 Å². The van der Waals surface area contributed by atoms with E-state index in [1.54, 1.807) is 18.2 Å². The number of nitro groups is 1. The van der Waals surface area contributed by atoms with Crippen molar-refractivity contribution in [3.63, 3.8) is 0 Å². The first-order valence-corrected chi connectivity index (χ1v) is 6.26. The maximum atomic E-state index is 10.6. The first kappa shape index (κ1) is 13.2. The molecule has 0 aromatic heterocycles. The molecule has 0 saturated carbocycles. The first-order valence-electron chi connectivity index (χ1n) is 5.18. The smallest absolute Gasteiger partial charge is 0.282 e. The van der Waals surface area contributed by atoms with Gasteiger partial charge in [-0.25, -0.2) is 0 Å². The lowest BCUT2D eigenvalue weighted by Crippen LogP contribution is -2.05. The topological polar surface area (TPSA) is 55.2 Å². The minimum absolute atomic E-state index is 0.162. The van der Waals surface area contributed by atoms with Crippen molar-refractivity contribution in [1.29, 1.82) is 0 Å². The van der Waals surface area contributed by atoms with E-state index in [4.69, 9.17) is 0 Å². The second-order valence-electron chi connectivity index (χ2n) is 4.03. The molecule has 1 N–H and O–H groups in total. The lowest BCUT2D eigenvalue weighted by Gasteiger charge is -2.08. The molecule has 0 atom stereocenters. The summed E-state index contributed by atoms with van der Waals surface area (Å²) >= 11 is 1.98. The summed E-state index contributed by atoms with van der Waals surface area (Å²) in [4.78, 5) is 10.3. The van der Waals surface area contributed by atoms with Gasteiger partial charge in [-0.05, 0) is 47.1 Å². The Labute approximate surface area is 109 Å². The predicted octanol–water partition coefficient (Wildman–Crippen LogP) is 3.66. The van der Waals surface area contributed by atoms with E-state index in [-0.39, 0.29) is 10.6 Å². The molecule has 0 unspecified atom stereocenters. The lowest BCUT2D eigenvalue weighted by molar-refractivity contribution is -0.385. The van der Waals surface area contributed by atoms with Crippen molar-refractivity contribution in [1.82, 2.24) is 0 Å². The molecule has 0 amide bonds. The van der Waals surface area contributed by atoms with Crippen LogP contribution in [0.25, 0.3) is 0 Å². The standard InChI is InChI=1S/C11H15IN2O2/c1-8(2)5-6-13-9-3-4-11(14(15)16)10(12)7-9/h3-4,7-8,13H,5-6H2,1-2H3. The van der Waals surface area contributed by atoms with Gasteiger partial charge in [-0.3, -0.25) is 10.1 Å². The summed E-state index contributed by atoms with van der Waals surface area (Å²) in [7, 11) is 0. The largest absolute Gasteiger partial charge is 0.385 e. The molecule has 0 aliphatic heterocycles. The molecule has 0 fully saturated rings. The van der Waals surface area contributed by atoms with Gasteiger partial charge in [0, 0.05) is 18.3 Å². The molecule has 0 aliphatic rings. The third-order valence-electron chi connectivity index (χ3n) is 2.20. The highest BCUT2D eigenvalue weighted by Gasteiger charge is 2.11. The van der Waals surface area contributed by atoms with Gasteiger partial charge >= 0.3 is 0 Å². The van der Waals surface area contributed by atoms with Crippen molar-refractivity contribution in [3.8, 4) is 0 Å². The molecule has 5 heteroatoms. The fourth-order valence-corrected chi connectivity index (χ4v) is 1.98. The van der Waals surface area contributed by atoms with Crippen LogP contribution >= 0.6 is 22.6 Å². The molecular formula is C11H15IN2O2. The maximum Gasteiger partial charge on any atom is 0.282 e. The third-order valence-corrected chi connectivity index (χ3v) is 3.06. The van der Waals surface area contributed by atoms with Gasteiger partial charge in [0.15, 0.2) is 0 Å². The summed E-state index contributed by atoms with van der Waals surface area (Å²) < 4.78 is 0.664. The highest BCUT2D eigenvalue weighted by molar-refractivity contribution is 14.1. The Morgan fingerprint density at radius 3 is 2.69 bits per heavy atom. The second kappa shape index (κ2) is 6.03. The van der Waals surface area contributed by atoms with E-state index < -0.39 is 0 Å². The van der Waals surface area contributed by atoms with Gasteiger partial charge in [-0.15, -0.1) is 0 Å². The fourth-order valence-electron chi connectivity index (χ4n) is 1.27. The number of nitrogens with zero attached hydrogens (tertiary/aromatic N) is 1. The van der Waals surface area contributed by atoms with Crippen LogP contribution in [0.5, 0.6) is 0 Å². The fraction of sp³-hybridized carbons (Fsp3) is 0.455. The van der Waals surface area contributed by atoms with Gasteiger partial charge in [0.1, 0.15) is 0 Å². The number of hydrogen-bond donors (Lipinski definition) is 1. The summed E-state index contributed by atoms with van der Waals surface area (Å²) in [6, 6.07) is 5.10. The van der Waals surface area contributed by atoms with Gasteiger partial charge in [0.2, 0.25) is 0 Å². The molecule has 1 rings (SSSR count). The van der Waals surface area contributed by atoms with E-state index in [2.05, 4.69) is 19.2 Å². The molecule has 0 radical (unpaired) electrons. The van der Waals surface area contributed by atoms with Crippen LogP contribution < -0.4 is 5.32 Å². The predicted molar refractivity (Wildman–Crippen MR) is 73.8 cm³/mol. The highest BCUT2D eigenvalue weighted by atomic mass is 127. The zero-order chi connectivity index (χ0) is 12.1. The van der Waals surface area contributed by atoms with Gasteiger partial charge in [-0.1, -0.05) is 13.8 Å². The number of anilines is 1. The highest BCUT2D eigenvalue weighted by Crippen LogP contribution is 2.24. The molecule has 16 heavy (non-hydrogen) atoms. The molecule has 0 saturated heterocycles. The van der Waals surface area contributed by atoms with Crippen molar-refractivity contribution >= 4 is 34.0 Å². The van der Waals surface area contributed by atoms with Crippen LogP contribution in [-0.4, -0.2) is 11.5 Å².